The number of phenols is 1. The Morgan fingerprint density at radius 1 is 1.25 bits per heavy atom. The highest BCUT2D eigenvalue weighted by molar-refractivity contribution is 6.06. The number of anilines is 1. The Morgan fingerprint density at radius 3 is 2.60 bits per heavy atom. The van der Waals surface area contributed by atoms with E-state index in [-0.39, 0.29) is 11.6 Å². The van der Waals surface area contributed by atoms with E-state index in [4.69, 9.17) is 5.73 Å². The molecule has 1 unspecified atom stereocenters. The van der Waals surface area contributed by atoms with Crippen LogP contribution in [0.4, 0.5) is 10.1 Å². The first-order valence-electron chi connectivity index (χ1n) is 6.14. The normalized spacial score (nSPS) is 11.9. The second kappa shape index (κ2) is 5.71. The van der Waals surface area contributed by atoms with Crippen LogP contribution in [-0.2, 0) is 0 Å². The first-order valence-corrected chi connectivity index (χ1v) is 6.14. The van der Waals surface area contributed by atoms with E-state index in [9.17, 15) is 14.3 Å². The van der Waals surface area contributed by atoms with Crippen LogP contribution in [0.5, 0.6) is 5.75 Å². The third kappa shape index (κ3) is 2.78. The molecule has 2 rings (SSSR count). The third-order valence-corrected chi connectivity index (χ3v) is 2.92. The minimum atomic E-state index is -0.777. The maximum absolute atomic E-state index is 13.6. The largest absolute Gasteiger partial charge is 0.507 e. The molecule has 0 fully saturated rings. The van der Waals surface area contributed by atoms with E-state index in [0.717, 1.165) is 11.6 Å². The molecule has 1 amide bonds. The second-order valence-electron chi connectivity index (χ2n) is 4.46. The molecule has 0 spiro atoms. The van der Waals surface area contributed by atoms with Crippen molar-refractivity contribution in [3.8, 4) is 5.75 Å². The summed E-state index contributed by atoms with van der Waals surface area (Å²) in [7, 11) is 0. The standard InChI is InChI=1S/C15H15FN2O2/c1-9(17)10-5-2-3-7-12(10)18-15(20)14-11(16)6-4-8-13(14)19/h2-9,19H,17H2,1H3,(H,18,20). The Kier molecular flexibility index (Phi) is 4.00. The Morgan fingerprint density at radius 2 is 1.95 bits per heavy atom. The second-order valence-corrected chi connectivity index (χ2v) is 4.46. The number of rotatable bonds is 3. The molecule has 20 heavy (non-hydrogen) atoms. The summed E-state index contributed by atoms with van der Waals surface area (Å²) in [5.41, 5.74) is 6.66. The highest BCUT2D eigenvalue weighted by Crippen LogP contribution is 2.24. The van der Waals surface area contributed by atoms with Crippen molar-refractivity contribution in [2.45, 2.75) is 13.0 Å². The van der Waals surface area contributed by atoms with Gasteiger partial charge < -0.3 is 16.2 Å². The minimum absolute atomic E-state index is 0.277. The fourth-order valence-electron chi connectivity index (χ4n) is 1.93. The summed E-state index contributed by atoms with van der Waals surface area (Å²) in [5.74, 6) is -1.89. The number of benzene rings is 2. The smallest absolute Gasteiger partial charge is 0.262 e. The lowest BCUT2D eigenvalue weighted by Gasteiger charge is -2.14. The number of hydrogen-bond donors (Lipinski definition) is 3. The fraction of sp³-hybridized carbons (Fsp3) is 0.133. The lowest BCUT2D eigenvalue weighted by Crippen LogP contribution is -2.17. The molecule has 0 bridgehead atoms. The highest BCUT2D eigenvalue weighted by atomic mass is 19.1. The van der Waals surface area contributed by atoms with Gasteiger partial charge in [0.05, 0.1) is 0 Å². The van der Waals surface area contributed by atoms with Crippen LogP contribution in [0.25, 0.3) is 0 Å². The predicted octanol–water partition coefficient (Wildman–Crippen LogP) is 2.80. The van der Waals surface area contributed by atoms with Crippen molar-refractivity contribution in [2.24, 2.45) is 5.73 Å². The van der Waals surface area contributed by atoms with E-state index >= 15 is 0 Å². The van der Waals surface area contributed by atoms with Gasteiger partial charge in [0, 0.05) is 11.7 Å². The SMILES string of the molecule is CC(N)c1ccccc1NC(=O)c1c(O)cccc1F. The number of nitrogens with one attached hydrogen (secondary N) is 1. The molecule has 5 heteroatoms. The van der Waals surface area contributed by atoms with Gasteiger partial charge in [0.1, 0.15) is 17.1 Å². The van der Waals surface area contributed by atoms with E-state index in [1.807, 2.05) is 0 Å². The summed E-state index contributed by atoms with van der Waals surface area (Å²) in [6, 6.07) is 10.4. The molecule has 2 aromatic rings. The average molecular weight is 274 g/mol. The van der Waals surface area contributed by atoms with Gasteiger partial charge in [-0.3, -0.25) is 4.79 Å². The third-order valence-electron chi connectivity index (χ3n) is 2.92. The summed E-state index contributed by atoms with van der Waals surface area (Å²) in [4.78, 5) is 12.1. The van der Waals surface area contributed by atoms with Crippen LogP contribution >= 0.6 is 0 Å². The number of carbonyl (C=O) groups is 1. The Balaban J connectivity index is 2.33. The molecular weight excluding hydrogens is 259 g/mol. The number of carbonyl (C=O) groups excluding carboxylic acids is 1. The van der Waals surface area contributed by atoms with Gasteiger partial charge in [-0.1, -0.05) is 24.3 Å². The van der Waals surface area contributed by atoms with Crippen molar-refractivity contribution in [1.82, 2.24) is 0 Å². The van der Waals surface area contributed by atoms with E-state index in [1.54, 1.807) is 31.2 Å². The zero-order valence-electron chi connectivity index (χ0n) is 10.9. The summed E-state index contributed by atoms with van der Waals surface area (Å²) in [6.45, 7) is 1.78. The van der Waals surface area contributed by atoms with Crippen LogP contribution in [0, 0.1) is 5.82 Å². The van der Waals surface area contributed by atoms with Crippen LogP contribution in [0.1, 0.15) is 28.9 Å². The minimum Gasteiger partial charge on any atom is -0.507 e. The van der Waals surface area contributed by atoms with E-state index in [2.05, 4.69) is 5.32 Å². The average Bonchev–Trinajstić information content (AvgIpc) is 2.38. The van der Waals surface area contributed by atoms with Crippen LogP contribution in [0.3, 0.4) is 0 Å². The summed E-state index contributed by atoms with van der Waals surface area (Å²) >= 11 is 0. The zero-order valence-corrected chi connectivity index (χ0v) is 10.9. The maximum Gasteiger partial charge on any atom is 0.262 e. The quantitative estimate of drug-likeness (QED) is 0.805. The number of phenolic OH excluding ortho intramolecular Hbond substituents is 1. The monoisotopic (exact) mass is 274 g/mol. The van der Waals surface area contributed by atoms with Gasteiger partial charge in [-0.2, -0.15) is 0 Å². The molecule has 0 aliphatic carbocycles. The van der Waals surface area contributed by atoms with Gasteiger partial charge in [0.15, 0.2) is 0 Å². The van der Waals surface area contributed by atoms with Gasteiger partial charge >= 0.3 is 0 Å². The predicted molar refractivity (Wildman–Crippen MR) is 75.1 cm³/mol. The van der Waals surface area contributed by atoms with Crippen molar-refractivity contribution in [2.75, 3.05) is 5.32 Å². The molecule has 0 aromatic heterocycles. The lowest BCUT2D eigenvalue weighted by atomic mass is 10.1. The van der Waals surface area contributed by atoms with Gasteiger partial charge in [-0.15, -0.1) is 0 Å². The van der Waals surface area contributed by atoms with E-state index < -0.39 is 17.5 Å². The molecule has 4 nitrogen and oxygen atoms in total. The first kappa shape index (κ1) is 14.0. The van der Waals surface area contributed by atoms with Crippen molar-refractivity contribution in [1.29, 1.82) is 0 Å². The topological polar surface area (TPSA) is 75.3 Å². The molecule has 4 N–H and O–H groups in total. The number of aromatic hydroxyl groups is 1. The Hall–Kier alpha value is -2.40. The zero-order chi connectivity index (χ0) is 14.7. The highest BCUT2D eigenvalue weighted by Gasteiger charge is 2.18. The number of nitrogens with two attached hydrogens (primary N) is 1. The lowest BCUT2D eigenvalue weighted by molar-refractivity contribution is 0.102. The maximum atomic E-state index is 13.6. The molecular formula is C15H15FN2O2. The van der Waals surface area contributed by atoms with Crippen molar-refractivity contribution >= 4 is 11.6 Å². The summed E-state index contributed by atoms with van der Waals surface area (Å²) in [5, 5.41) is 12.2. The molecule has 1 atom stereocenters. The van der Waals surface area contributed by atoms with Gasteiger partial charge in [-0.05, 0) is 30.7 Å². The van der Waals surface area contributed by atoms with E-state index in [1.165, 1.54) is 12.1 Å². The first-order chi connectivity index (χ1) is 9.50. The number of halogens is 1. The van der Waals surface area contributed by atoms with Gasteiger partial charge in [-0.25, -0.2) is 4.39 Å². The summed E-state index contributed by atoms with van der Waals surface area (Å²) in [6.07, 6.45) is 0. The number of hydrogen-bond acceptors (Lipinski definition) is 3. The molecule has 0 saturated carbocycles. The van der Waals surface area contributed by atoms with Crippen molar-refractivity contribution in [3.63, 3.8) is 0 Å². The van der Waals surface area contributed by atoms with Crippen molar-refractivity contribution < 1.29 is 14.3 Å². The Bertz CT molecular complexity index is 621. The molecule has 0 heterocycles. The Labute approximate surface area is 116 Å². The van der Waals surface area contributed by atoms with Crippen LogP contribution in [0.15, 0.2) is 42.5 Å². The number of para-hydroxylation sites is 1. The molecule has 2 aromatic carbocycles. The molecule has 104 valence electrons. The van der Waals surface area contributed by atoms with Gasteiger partial charge in [0.25, 0.3) is 5.91 Å². The van der Waals surface area contributed by atoms with Crippen LogP contribution in [-0.4, -0.2) is 11.0 Å². The fourth-order valence-corrected chi connectivity index (χ4v) is 1.93. The van der Waals surface area contributed by atoms with Crippen LogP contribution < -0.4 is 11.1 Å². The molecule has 0 aliphatic heterocycles. The van der Waals surface area contributed by atoms with Crippen LogP contribution in [0.2, 0.25) is 0 Å². The molecule has 0 saturated heterocycles. The van der Waals surface area contributed by atoms with Crippen molar-refractivity contribution in [3.05, 3.63) is 59.4 Å². The molecule has 0 radical (unpaired) electrons. The van der Waals surface area contributed by atoms with Gasteiger partial charge in [0.2, 0.25) is 0 Å². The summed E-state index contributed by atoms with van der Waals surface area (Å²) < 4.78 is 13.6. The number of amides is 1. The molecule has 0 aliphatic rings. The van der Waals surface area contributed by atoms with E-state index in [0.29, 0.717) is 5.69 Å².